The lowest BCUT2D eigenvalue weighted by atomic mass is 10.2. The second kappa shape index (κ2) is 5.24. The first kappa shape index (κ1) is 12.9. The minimum atomic E-state index is -1.03. The number of carbonyl (C=O) groups is 1. The van der Waals surface area contributed by atoms with Gasteiger partial charge in [0.25, 0.3) is 0 Å². The van der Waals surface area contributed by atoms with Crippen LogP contribution in [0.2, 0.25) is 0 Å². The summed E-state index contributed by atoms with van der Waals surface area (Å²) in [5.41, 5.74) is -0.199. The number of pyridine rings is 1. The Kier molecular flexibility index (Phi) is 3.97. The van der Waals surface area contributed by atoms with Gasteiger partial charge in [0.2, 0.25) is 5.82 Å². The third-order valence-corrected chi connectivity index (χ3v) is 2.44. The molecule has 0 saturated carbocycles. The van der Waals surface area contributed by atoms with Gasteiger partial charge in [-0.15, -0.1) is 0 Å². The molecule has 1 heterocycles. The van der Waals surface area contributed by atoms with Crippen LogP contribution in [0.5, 0.6) is 0 Å². The second-order valence-electron chi connectivity index (χ2n) is 3.48. The van der Waals surface area contributed by atoms with Crippen LogP contribution in [0.1, 0.15) is 13.3 Å². The molecule has 0 saturated heterocycles. The second-order valence-corrected chi connectivity index (χ2v) is 3.48. The van der Waals surface area contributed by atoms with Gasteiger partial charge in [-0.1, -0.05) is 6.92 Å². The molecule has 0 aliphatic rings. The van der Waals surface area contributed by atoms with Crippen molar-refractivity contribution in [2.75, 3.05) is 11.9 Å². The molecule has 0 aromatic carbocycles. The van der Waals surface area contributed by atoms with Gasteiger partial charge >= 0.3 is 11.7 Å². The summed E-state index contributed by atoms with van der Waals surface area (Å²) in [6, 6.07) is 1.91. The van der Waals surface area contributed by atoms with E-state index in [9.17, 15) is 14.9 Å². The zero-order chi connectivity index (χ0) is 13.0. The number of carboxylic acid groups (broad SMARTS) is 1. The zero-order valence-corrected chi connectivity index (χ0v) is 9.53. The smallest absolute Gasteiger partial charge is 0.326 e. The molecule has 0 aliphatic carbocycles. The summed E-state index contributed by atoms with van der Waals surface area (Å²) < 4.78 is 0. The quantitative estimate of drug-likeness (QED) is 0.614. The average Bonchev–Trinajstić information content (AvgIpc) is 2.29. The van der Waals surface area contributed by atoms with E-state index < -0.39 is 16.9 Å². The van der Waals surface area contributed by atoms with E-state index in [1.165, 1.54) is 30.3 Å². The Morgan fingerprint density at radius 2 is 2.35 bits per heavy atom. The first-order valence-electron chi connectivity index (χ1n) is 5.04. The molecule has 1 unspecified atom stereocenters. The highest BCUT2D eigenvalue weighted by molar-refractivity contribution is 5.78. The molecule has 0 radical (unpaired) electrons. The monoisotopic (exact) mass is 239 g/mol. The number of hydrogen-bond donors (Lipinski definition) is 1. The van der Waals surface area contributed by atoms with E-state index >= 15 is 0 Å². The summed E-state index contributed by atoms with van der Waals surface area (Å²) >= 11 is 0. The van der Waals surface area contributed by atoms with Crippen LogP contribution in [0.25, 0.3) is 0 Å². The SMILES string of the molecule is CCC(C(=O)O)N(C)c1ncccc1[N+](=O)[O-]. The van der Waals surface area contributed by atoms with Crippen LogP contribution in [0.3, 0.4) is 0 Å². The van der Waals surface area contributed by atoms with Gasteiger partial charge in [0.05, 0.1) is 4.92 Å². The lowest BCUT2D eigenvalue weighted by Crippen LogP contribution is -2.38. The normalized spacial score (nSPS) is 11.9. The van der Waals surface area contributed by atoms with Crippen LogP contribution < -0.4 is 4.90 Å². The number of nitro groups is 1. The minimum Gasteiger partial charge on any atom is -0.480 e. The molecule has 0 aliphatic heterocycles. The number of carboxylic acids is 1. The van der Waals surface area contributed by atoms with Crippen molar-refractivity contribution < 1.29 is 14.8 Å². The number of rotatable bonds is 5. The van der Waals surface area contributed by atoms with Crippen LogP contribution in [0.4, 0.5) is 11.5 Å². The molecular weight excluding hydrogens is 226 g/mol. The van der Waals surface area contributed by atoms with Gasteiger partial charge in [0.15, 0.2) is 0 Å². The van der Waals surface area contributed by atoms with Crippen LogP contribution in [-0.2, 0) is 4.79 Å². The predicted octanol–water partition coefficient (Wildman–Crippen LogP) is 1.29. The Morgan fingerprint density at radius 1 is 1.71 bits per heavy atom. The fraction of sp³-hybridized carbons (Fsp3) is 0.400. The van der Waals surface area contributed by atoms with Gasteiger partial charge in [-0.25, -0.2) is 9.78 Å². The van der Waals surface area contributed by atoms with Crippen LogP contribution >= 0.6 is 0 Å². The fourth-order valence-electron chi connectivity index (χ4n) is 1.56. The zero-order valence-electron chi connectivity index (χ0n) is 9.53. The van der Waals surface area contributed by atoms with E-state index in [2.05, 4.69) is 4.98 Å². The summed E-state index contributed by atoms with van der Waals surface area (Å²) in [7, 11) is 1.48. The summed E-state index contributed by atoms with van der Waals surface area (Å²) in [5.74, 6) is -0.971. The maximum absolute atomic E-state index is 11.0. The Balaban J connectivity index is 3.15. The molecule has 0 spiro atoms. The molecule has 1 aromatic heterocycles. The van der Waals surface area contributed by atoms with Crippen LogP contribution in [0, 0.1) is 10.1 Å². The lowest BCUT2D eigenvalue weighted by molar-refractivity contribution is -0.384. The van der Waals surface area contributed by atoms with Gasteiger partial charge in [0.1, 0.15) is 6.04 Å². The molecular formula is C10H13N3O4. The van der Waals surface area contributed by atoms with Gasteiger partial charge < -0.3 is 10.0 Å². The Bertz CT molecular complexity index is 435. The van der Waals surface area contributed by atoms with Crippen molar-refractivity contribution in [1.82, 2.24) is 4.98 Å². The van der Waals surface area contributed by atoms with Crippen molar-refractivity contribution in [2.24, 2.45) is 0 Å². The van der Waals surface area contributed by atoms with E-state index in [1.807, 2.05) is 0 Å². The number of aromatic nitrogens is 1. The molecule has 0 fully saturated rings. The minimum absolute atomic E-state index is 0.0618. The van der Waals surface area contributed by atoms with Gasteiger partial charge in [-0.3, -0.25) is 10.1 Å². The number of hydrogen-bond acceptors (Lipinski definition) is 5. The molecule has 1 N–H and O–H groups in total. The Morgan fingerprint density at radius 3 is 2.82 bits per heavy atom. The van der Waals surface area contributed by atoms with Gasteiger partial charge in [-0.05, 0) is 12.5 Å². The first-order chi connectivity index (χ1) is 7.99. The predicted molar refractivity (Wildman–Crippen MR) is 61.0 cm³/mol. The number of likely N-dealkylation sites (N-methyl/N-ethyl adjacent to an activating group) is 1. The van der Waals surface area contributed by atoms with Gasteiger partial charge in [0, 0.05) is 19.3 Å². The summed E-state index contributed by atoms with van der Waals surface area (Å²) in [5, 5.41) is 19.8. The lowest BCUT2D eigenvalue weighted by Gasteiger charge is -2.24. The molecule has 0 amide bonds. The van der Waals surface area contributed by atoms with Crippen molar-refractivity contribution in [3.63, 3.8) is 0 Å². The molecule has 17 heavy (non-hydrogen) atoms. The summed E-state index contributed by atoms with van der Waals surface area (Å²) in [6.45, 7) is 1.70. The molecule has 1 rings (SSSR count). The standard InChI is InChI=1S/C10H13N3O4/c1-3-7(10(14)15)12(2)9-8(13(16)17)5-4-6-11-9/h4-7H,3H2,1-2H3,(H,14,15). The first-order valence-corrected chi connectivity index (χ1v) is 5.04. The Hall–Kier alpha value is -2.18. The van der Waals surface area contributed by atoms with E-state index in [-0.39, 0.29) is 11.5 Å². The van der Waals surface area contributed by atoms with Crippen molar-refractivity contribution in [3.8, 4) is 0 Å². The van der Waals surface area contributed by atoms with E-state index in [0.717, 1.165) is 0 Å². The van der Waals surface area contributed by atoms with E-state index in [4.69, 9.17) is 5.11 Å². The maximum Gasteiger partial charge on any atom is 0.326 e. The molecule has 7 nitrogen and oxygen atoms in total. The molecule has 0 bridgehead atoms. The molecule has 1 atom stereocenters. The van der Waals surface area contributed by atoms with Crippen molar-refractivity contribution in [1.29, 1.82) is 0 Å². The van der Waals surface area contributed by atoms with Gasteiger partial charge in [-0.2, -0.15) is 0 Å². The molecule has 92 valence electrons. The third-order valence-electron chi connectivity index (χ3n) is 2.44. The maximum atomic E-state index is 11.0. The van der Waals surface area contributed by atoms with E-state index in [0.29, 0.717) is 6.42 Å². The molecule has 7 heteroatoms. The summed E-state index contributed by atoms with van der Waals surface area (Å²) in [6.07, 6.45) is 1.73. The van der Waals surface area contributed by atoms with Crippen LogP contribution in [0.15, 0.2) is 18.3 Å². The third kappa shape index (κ3) is 2.68. The van der Waals surface area contributed by atoms with E-state index in [1.54, 1.807) is 6.92 Å². The average molecular weight is 239 g/mol. The Labute approximate surface area is 97.8 Å². The van der Waals surface area contributed by atoms with Crippen molar-refractivity contribution in [3.05, 3.63) is 28.4 Å². The highest BCUT2D eigenvalue weighted by atomic mass is 16.6. The topological polar surface area (TPSA) is 96.6 Å². The molecule has 1 aromatic rings. The fourth-order valence-corrected chi connectivity index (χ4v) is 1.56. The van der Waals surface area contributed by atoms with Crippen molar-refractivity contribution >= 4 is 17.5 Å². The largest absolute Gasteiger partial charge is 0.480 e. The summed E-state index contributed by atoms with van der Waals surface area (Å²) in [4.78, 5) is 26.4. The number of nitrogens with zero attached hydrogens (tertiary/aromatic N) is 3. The van der Waals surface area contributed by atoms with Crippen LogP contribution in [-0.4, -0.2) is 34.1 Å². The number of aliphatic carboxylic acids is 1. The highest BCUT2D eigenvalue weighted by Crippen LogP contribution is 2.25. The highest BCUT2D eigenvalue weighted by Gasteiger charge is 2.27. The number of anilines is 1. The van der Waals surface area contributed by atoms with Crippen molar-refractivity contribution in [2.45, 2.75) is 19.4 Å².